The third kappa shape index (κ3) is 4.59. The Morgan fingerprint density at radius 2 is 0.750 bits per heavy atom. The summed E-state index contributed by atoms with van der Waals surface area (Å²) in [7, 11) is 3.45. The molecule has 6 rings (SSSR count). The van der Waals surface area contributed by atoms with Gasteiger partial charge in [0.2, 0.25) is 0 Å². The second-order valence-electron chi connectivity index (χ2n) is 11.1. The highest BCUT2D eigenvalue weighted by molar-refractivity contribution is 5.40. The number of benzene rings is 4. The van der Waals surface area contributed by atoms with Crippen molar-refractivity contribution in [3.63, 3.8) is 0 Å². The molecule has 4 aromatic rings. The maximum absolute atomic E-state index is 11.3. The first-order chi connectivity index (χ1) is 19.4. The third-order valence-electron chi connectivity index (χ3n) is 9.31. The van der Waals surface area contributed by atoms with Gasteiger partial charge < -0.3 is 19.7 Å². The summed E-state index contributed by atoms with van der Waals surface area (Å²) in [5, 5.41) is 22.6. The molecule has 2 N–H and O–H groups in total. The van der Waals surface area contributed by atoms with Crippen molar-refractivity contribution in [1.82, 2.24) is 0 Å². The summed E-state index contributed by atoms with van der Waals surface area (Å²) in [4.78, 5) is 0. The van der Waals surface area contributed by atoms with Crippen molar-refractivity contribution in [3.8, 4) is 0 Å². The van der Waals surface area contributed by atoms with E-state index in [1.54, 1.807) is 14.2 Å². The van der Waals surface area contributed by atoms with E-state index in [2.05, 4.69) is 38.1 Å². The van der Waals surface area contributed by atoms with Crippen molar-refractivity contribution in [1.29, 1.82) is 0 Å². The van der Waals surface area contributed by atoms with E-state index in [0.717, 1.165) is 22.3 Å². The summed E-state index contributed by atoms with van der Waals surface area (Å²) >= 11 is 0. The van der Waals surface area contributed by atoms with E-state index in [4.69, 9.17) is 9.47 Å². The van der Waals surface area contributed by atoms with Crippen LogP contribution in [0.5, 0.6) is 0 Å². The molecule has 2 aliphatic rings. The number of ether oxygens (including phenoxy) is 2. The first kappa shape index (κ1) is 28.3. The molecule has 0 saturated heterocycles. The molecule has 0 amide bonds. The maximum atomic E-state index is 11.3. The van der Waals surface area contributed by atoms with Gasteiger partial charge in [-0.15, -0.1) is 0 Å². The molecular formula is C36H40O4. The lowest BCUT2D eigenvalue weighted by molar-refractivity contribution is -0.207. The molecular weight excluding hydrogens is 496 g/mol. The average Bonchev–Trinajstić information content (AvgIpc) is 3.02. The van der Waals surface area contributed by atoms with E-state index in [9.17, 15) is 10.2 Å². The average molecular weight is 537 g/mol. The third-order valence-corrected chi connectivity index (χ3v) is 9.31. The molecule has 8 atom stereocenters. The Kier molecular flexibility index (Phi) is 8.25. The van der Waals surface area contributed by atoms with E-state index < -0.39 is 11.2 Å². The van der Waals surface area contributed by atoms with E-state index >= 15 is 0 Å². The molecule has 0 radical (unpaired) electrons. The Morgan fingerprint density at radius 3 is 1.02 bits per heavy atom. The lowest BCUT2D eigenvalue weighted by atomic mass is 9.54. The van der Waals surface area contributed by atoms with Crippen molar-refractivity contribution < 1.29 is 19.7 Å². The van der Waals surface area contributed by atoms with Crippen molar-refractivity contribution in [2.45, 2.75) is 49.1 Å². The van der Waals surface area contributed by atoms with E-state index in [-0.39, 0.29) is 35.9 Å². The van der Waals surface area contributed by atoms with Gasteiger partial charge >= 0.3 is 0 Å². The molecule has 0 unspecified atom stereocenters. The van der Waals surface area contributed by atoms with Crippen LogP contribution in [0, 0.1) is 11.8 Å². The maximum Gasteiger partial charge on any atom is 0.104 e. The van der Waals surface area contributed by atoms with Crippen LogP contribution in [0.1, 0.15) is 47.9 Å². The number of hydrogen-bond donors (Lipinski definition) is 2. The largest absolute Gasteiger partial charge is 0.384 e. The van der Waals surface area contributed by atoms with Crippen LogP contribution < -0.4 is 0 Å². The van der Waals surface area contributed by atoms with Crippen LogP contribution in [0.15, 0.2) is 121 Å². The van der Waals surface area contributed by atoms with E-state index in [1.165, 1.54) is 0 Å². The van der Waals surface area contributed by atoms with Gasteiger partial charge in [0.25, 0.3) is 0 Å². The van der Waals surface area contributed by atoms with Gasteiger partial charge in [-0.1, -0.05) is 135 Å². The molecule has 0 heterocycles. The molecule has 2 aliphatic carbocycles. The summed E-state index contributed by atoms with van der Waals surface area (Å²) in [6, 6.07) is 40.1. The topological polar surface area (TPSA) is 58.9 Å². The van der Waals surface area contributed by atoms with Gasteiger partial charge in [-0.05, 0) is 22.3 Å². The molecule has 208 valence electrons. The monoisotopic (exact) mass is 536 g/mol. The van der Waals surface area contributed by atoms with E-state index in [0.29, 0.717) is 0 Å². The van der Waals surface area contributed by atoms with E-state index in [1.807, 2.05) is 97.1 Å². The Morgan fingerprint density at radius 1 is 0.475 bits per heavy atom. The molecule has 0 aliphatic heterocycles. The zero-order chi connectivity index (χ0) is 28.3. The van der Waals surface area contributed by atoms with Crippen LogP contribution in [0.3, 0.4) is 0 Å². The summed E-state index contributed by atoms with van der Waals surface area (Å²) in [5.74, 6) is 0.0948. The predicted octanol–water partition coefficient (Wildman–Crippen LogP) is 6.65. The molecule has 4 nitrogen and oxygen atoms in total. The van der Waals surface area contributed by atoms with Gasteiger partial charge in [-0.3, -0.25) is 0 Å². The fourth-order valence-corrected chi connectivity index (χ4v) is 7.09. The van der Waals surface area contributed by atoms with Crippen molar-refractivity contribution in [3.05, 3.63) is 144 Å². The van der Waals surface area contributed by atoms with Crippen LogP contribution in [-0.4, -0.2) is 36.6 Å². The fraction of sp³-hybridized carbons (Fsp3) is 0.333. The second kappa shape index (κ2) is 11.7. The smallest absolute Gasteiger partial charge is 0.104 e. The molecule has 4 heteroatoms. The van der Waals surface area contributed by atoms with Gasteiger partial charge in [0, 0.05) is 37.9 Å². The van der Waals surface area contributed by atoms with Crippen molar-refractivity contribution >= 4 is 0 Å². The molecule has 4 aromatic carbocycles. The molecule has 40 heavy (non-hydrogen) atoms. The summed E-state index contributed by atoms with van der Waals surface area (Å²) in [5.41, 5.74) is 2.48. The summed E-state index contributed by atoms with van der Waals surface area (Å²) in [6.45, 7) is 4.11. The fourth-order valence-electron chi connectivity index (χ4n) is 7.09. The number of rotatable bonds is 6. The van der Waals surface area contributed by atoms with Gasteiger partial charge in [-0.2, -0.15) is 0 Å². The van der Waals surface area contributed by atoms with Crippen LogP contribution in [0.4, 0.5) is 0 Å². The van der Waals surface area contributed by atoms with Crippen LogP contribution in [-0.2, 0) is 20.7 Å². The lowest BCUT2D eigenvalue weighted by Crippen LogP contribution is -2.61. The standard InChI is InChI=1S/2C18H20O2/c2*1-13-17(20-2)16(14-9-5-3-6-10-14)18(13,19)15-11-7-4-8-12-15/h2*3-13,16-17,19H,1-2H3/t2*13-,16-,17+,18+/m10/s1. The normalized spacial score (nSPS) is 32.6. The predicted molar refractivity (Wildman–Crippen MR) is 159 cm³/mol. The van der Waals surface area contributed by atoms with Gasteiger partial charge in [0.05, 0.1) is 12.2 Å². The minimum atomic E-state index is -0.858. The highest BCUT2D eigenvalue weighted by atomic mass is 16.5. The highest BCUT2D eigenvalue weighted by Gasteiger charge is 2.61. The minimum absolute atomic E-state index is 0.0221. The zero-order valence-corrected chi connectivity index (χ0v) is 23.7. The minimum Gasteiger partial charge on any atom is -0.384 e. The number of hydrogen-bond acceptors (Lipinski definition) is 4. The molecule has 0 bridgehead atoms. The first-order valence-corrected chi connectivity index (χ1v) is 14.1. The zero-order valence-electron chi connectivity index (χ0n) is 23.7. The van der Waals surface area contributed by atoms with Gasteiger partial charge in [0.1, 0.15) is 11.2 Å². The molecule has 2 fully saturated rings. The number of methoxy groups -OCH3 is 2. The highest BCUT2D eigenvalue weighted by Crippen LogP contribution is 2.58. The molecule has 2 saturated carbocycles. The summed E-state index contributed by atoms with van der Waals surface area (Å²) < 4.78 is 11.2. The van der Waals surface area contributed by atoms with Crippen LogP contribution in [0.25, 0.3) is 0 Å². The second-order valence-corrected chi connectivity index (χ2v) is 11.1. The Labute approximate surface area is 238 Å². The van der Waals surface area contributed by atoms with Crippen molar-refractivity contribution in [2.75, 3.05) is 14.2 Å². The Hall–Kier alpha value is -3.28. The Balaban J connectivity index is 0.000000161. The lowest BCUT2D eigenvalue weighted by Gasteiger charge is -2.57. The Bertz CT molecular complexity index is 1240. The first-order valence-electron chi connectivity index (χ1n) is 14.1. The van der Waals surface area contributed by atoms with Gasteiger partial charge in [0.15, 0.2) is 0 Å². The summed E-state index contributed by atoms with van der Waals surface area (Å²) in [6.07, 6.45) is 0.0882. The van der Waals surface area contributed by atoms with Crippen LogP contribution >= 0.6 is 0 Å². The molecule has 0 aromatic heterocycles. The quantitative estimate of drug-likeness (QED) is 0.290. The van der Waals surface area contributed by atoms with Crippen LogP contribution in [0.2, 0.25) is 0 Å². The van der Waals surface area contributed by atoms with Gasteiger partial charge in [-0.25, -0.2) is 0 Å². The van der Waals surface area contributed by atoms with Crippen molar-refractivity contribution in [2.24, 2.45) is 11.8 Å². The SMILES string of the molecule is CO[C@@H]1[C@H](C)[C@@](O)(c2ccccc2)[C@H]1c1ccccc1.CO[C@H]1[C@@H](C)[C@](O)(c2ccccc2)[C@@H]1c1ccccc1. The number of aliphatic hydroxyl groups is 2. The molecule has 0 spiro atoms.